The zero-order valence-corrected chi connectivity index (χ0v) is 13.3. The molecule has 0 aliphatic heterocycles. The van der Waals surface area contributed by atoms with Gasteiger partial charge in [-0.1, -0.05) is 23.5 Å². The van der Waals surface area contributed by atoms with Crippen molar-refractivity contribution in [3.05, 3.63) is 62.5 Å². The molecule has 0 bridgehead atoms. The minimum absolute atomic E-state index is 0.0347. The lowest BCUT2D eigenvalue weighted by Crippen LogP contribution is -2.00. The van der Waals surface area contributed by atoms with E-state index in [2.05, 4.69) is 4.98 Å². The van der Waals surface area contributed by atoms with Crippen molar-refractivity contribution < 1.29 is 14.5 Å². The highest BCUT2D eigenvalue weighted by Gasteiger charge is 2.09. The predicted octanol–water partition coefficient (Wildman–Crippen LogP) is 4.02. The van der Waals surface area contributed by atoms with Crippen molar-refractivity contribution in [3.63, 3.8) is 0 Å². The maximum atomic E-state index is 11.7. The van der Waals surface area contributed by atoms with Gasteiger partial charge in [0.2, 0.25) is 0 Å². The van der Waals surface area contributed by atoms with Crippen LogP contribution in [0.25, 0.3) is 16.3 Å². The van der Waals surface area contributed by atoms with Gasteiger partial charge in [-0.15, -0.1) is 11.3 Å². The van der Waals surface area contributed by atoms with Gasteiger partial charge in [0.25, 0.3) is 0 Å². The lowest BCUT2D eigenvalue weighted by molar-refractivity contribution is -0.380. The number of para-hydroxylation sites is 1. The van der Waals surface area contributed by atoms with Crippen molar-refractivity contribution in [2.45, 2.75) is 6.61 Å². The van der Waals surface area contributed by atoms with E-state index in [-0.39, 0.29) is 11.6 Å². The molecule has 0 aliphatic carbocycles. The molecule has 0 saturated heterocycles. The molecule has 23 heavy (non-hydrogen) atoms. The van der Waals surface area contributed by atoms with E-state index < -0.39 is 10.9 Å². The maximum absolute atomic E-state index is 11.7. The Morgan fingerprint density at radius 2 is 2.09 bits per heavy atom. The van der Waals surface area contributed by atoms with Crippen LogP contribution in [0.5, 0.6) is 0 Å². The first kappa shape index (κ1) is 15.3. The third-order valence-electron chi connectivity index (χ3n) is 2.85. The number of hydrogen-bond donors (Lipinski definition) is 0. The number of aromatic nitrogens is 1. The summed E-state index contributed by atoms with van der Waals surface area (Å²) in [6.07, 6.45) is 2.75. The quantitative estimate of drug-likeness (QED) is 0.301. The van der Waals surface area contributed by atoms with Gasteiger partial charge in [0, 0.05) is 17.0 Å². The molecule has 8 heteroatoms. The standard InChI is InChI=1S/C15H10N2O4S2/c18-15(8-6-10-5-7-14(22-10)17(19)20)21-9-13-16-11-3-1-2-4-12(11)23-13/h1-8H,9H2/b8-6+. The van der Waals surface area contributed by atoms with E-state index in [1.54, 1.807) is 6.07 Å². The van der Waals surface area contributed by atoms with E-state index in [4.69, 9.17) is 4.74 Å². The fourth-order valence-electron chi connectivity index (χ4n) is 1.84. The van der Waals surface area contributed by atoms with Gasteiger partial charge in [-0.3, -0.25) is 10.1 Å². The number of benzene rings is 1. The normalized spacial score (nSPS) is 11.1. The maximum Gasteiger partial charge on any atom is 0.331 e. The molecule has 0 spiro atoms. The molecule has 0 amide bonds. The molecule has 3 rings (SSSR count). The Hall–Kier alpha value is -2.58. The van der Waals surface area contributed by atoms with Crippen molar-refractivity contribution in [1.82, 2.24) is 4.98 Å². The van der Waals surface area contributed by atoms with Crippen molar-refractivity contribution in [3.8, 4) is 0 Å². The molecule has 0 atom stereocenters. The van der Waals surface area contributed by atoms with Crippen LogP contribution in [0.3, 0.4) is 0 Å². The highest BCUT2D eigenvalue weighted by Crippen LogP contribution is 2.25. The van der Waals surface area contributed by atoms with E-state index in [9.17, 15) is 14.9 Å². The summed E-state index contributed by atoms with van der Waals surface area (Å²) in [6.45, 7) is 0.104. The van der Waals surface area contributed by atoms with Gasteiger partial charge in [0.1, 0.15) is 11.6 Å². The number of hydrogen-bond acceptors (Lipinski definition) is 7. The first-order valence-electron chi connectivity index (χ1n) is 6.55. The van der Waals surface area contributed by atoms with Crippen molar-refractivity contribution in [1.29, 1.82) is 0 Å². The molecule has 2 heterocycles. The number of thiazole rings is 1. The smallest absolute Gasteiger partial charge is 0.331 e. The van der Waals surface area contributed by atoms with Gasteiger partial charge in [-0.05, 0) is 24.3 Å². The lowest BCUT2D eigenvalue weighted by atomic mass is 10.3. The molecule has 6 nitrogen and oxygen atoms in total. The number of rotatable bonds is 5. The van der Waals surface area contributed by atoms with Crippen LogP contribution in [0.2, 0.25) is 0 Å². The van der Waals surface area contributed by atoms with Crippen LogP contribution in [0.15, 0.2) is 42.5 Å². The third-order valence-corrected chi connectivity index (χ3v) is 4.86. The second-order valence-corrected chi connectivity index (χ2v) is 6.66. The highest BCUT2D eigenvalue weighted by atomic mass is 32.1. The first-order valence-corrected chi connectivity index (χ1v) is 8.18. The van der Waals surface area contributed by atoms with Gasteiger partial charge in [-0.25, -0.2) is 9.78 Å². The molecule has 0 unspecified atom stereocenters. The molecule has 2 aromatic heterocycles. The number of carbonyl (C=O) groups excluding carboxylic acids is 1. The van der Waals surface area contributed by atoms with E-state index in [0.717, 1.165) is 26.6 Å². The van der Waals surface area contributed by atoms with E-state index in [0.29, 0.717) is 4.88 Å². The topological polar surface area (TPSA) is 82.3 Å². The minimum atomic E-state index is -0.514. The highest BCUT2D eigenvalue weighted by molar-refractivity contribution is 7.18. The summed E-state index contributed by atoms with van der Waals surface area (Å²) in [7, 11) is 0. The van der Waals surface area contributed by atoms with Gasteiger partial charge in [0.15, 0.2) is 0 Å². The molecule has 116 valence electrons. The SMILES string of the molecule is O=C(/C=C/c1ccc([N+](=O)[O-])s1)OCc1nc2ccccc2s1. The van der Waals surface area contributed by atoms with Crippen LogP contribution >= 0.6 is 22.7 Å². The zero-order valence-electron chi connectivity index (χ0n) is 11.7. The van der Waals surface area contributed by atoms with Gasteiger partial charge < -0.3 is 4.74 Å². The number of fused-ring (bicyclic) bond motifs is 1. The molecule has 0 N–H and O–H groups in total. The number of ether oxygens (including phenoxy) is 1. The average molecular weight is 346 g/mol. The molecular formula is C15H10N2O4S2. The van der Waals surface area contributed by atoms with Gasteiger partial charge in [0.05, 0.1) is 15.1 Å². The number of carbonyl (C=O) groups is 1. The summed E-state index contributed by atoms with van der Waals surface area (Å²) in [5.41, 5.74) is 0.880. The summed E-state index contributed by atoms with van der Waals surface area (Å²) in [5, 5.41) is 11.3. The van der Waals surface area contributed by atoms with Crippen molar-refractivity contribution >= 4 is 49.9 Å². The molecule has 0 fully saturated rings. The monoisotopic (exact) mass is 346 g/mol. The van der Waals surface area contributed by atoms with Crippen LogP contribution in [-0.2, 0) is 16.1 Å². The van der Waals surface area contributed by atoms with Crippen LogP contribution in [0, 0.1) is 10.1 Å². The fourth-order valence-corrected chi connectivity index (χ4v) is 3.45. The Labute approximate surface area is 138 Å². The minimum Gasteiger partial charge on any atom is -0.455 e. The molecule has 3 aromatic rings. The van der Waals surface area contributed by atoms with Gasteiger partial charge in [-0.2, -0.15) is 0 Å². The van der Waals surface area contributed by atoms with Crippen LogP contribution < -0.4 is 0 Å². The molecular weight excluding hydrogens is 336 g/mol. The second-order valence-electron chi connectivity index (χ2n) is 4.45. The van der Waals surface area contributed by atoms with E-state index in [1.807, 2.05) is 24.3 Å². The Morgan fingerprint density at radius 1 is 1.26 bits per heavy atom. The summed E-state index contributed by atoms with van der Waals surface area (Å²) in [5.74, 6) is -0.514. The Bertz CT molecular complexity index is 865. The molecule has 0 radical (unpaired) electrons. The Balaban J connectivity index is 1.58. The van der Waals surface area contributed by atoms with Crippen molar-refractivity contribution in [2.24, 2.45) is 0 Å². The lowest BCUT2D eigenvalue weighted by Gasteiger charge is -1.97. The van der Waals surface area contributed by atoms with Crippen molar-refractivity contribution in [2.75, 3.05) is 0 Å². The van der Waals surface area contributed by atoms with Crippen LogP contribution in [-0.4, -0.2) is 15.9 Å². The first-order chi connectivity index (χ1) is 11.1. The summed E-state index contributed by atoms with van der Waals surface area (Å²) in [4.78, 5) is 26.8. The second kappa shape index (κ2) is 6.67. The van der Waals surface area contributed by atoms with Crippen LogP contribution in [0.4, 0.5) is 5.00 Å². The number of thiophene rings is 1. The summed E-state index contributed by atoms with van der Waals surface area (Å²) < 4.78 is 6.17. The summed E-state index contributed by atoms with van der Waals surface area (Å²) in [6, 6.07) is 10.7. The molecule has 0 aliphatic rings. The largest absolute Gasteiger partial charge is 0.455 e. The number of nitrogens with zero attached hydrogens (tertiary/aromatic N) is 2. The Kier molecular flexibility index (Phi) is 4.45. The van der Waals surface area contributed by atoms with E-state index in [1.165, 1.54) is 29.6 Å². The van der Waals surface area contributed by atoms with Crippen LogP contribution in [0.1, 0.15) is 9.88 Å². The van der Waals surface area contributed by atoms with E-state index >= 15 is 0 Å². The summed E-state index contributed by atoms with van der Waals surface area (Å²) >= 11 is 2.47. The zero-order chi connectivity index (χ0) is 16.2. The molecule has 0 saturated carbocycles. The predicted molar refractivity (Wildman–Crippen MR) is 89.4 cm³/mol. The van der Waals surface area contributed by atoms with Gasteiger partial charge >= 0.3 is 11.0 Å². The molecule has 1 aromatic carbocycles. The third kappa shape index (κ3) is 3.79. The average Bonchev–Trinajstić information content (AvgIpc) is 3.17. The Morgan fingerprint density at radius 3 is 2.83 bits per heavy atom. The fraction of sp³-hybridized carbons (Fsp3) is 0.0667. The number of esters is 1. The number of nitro groups is 1.